The van der Waals surface area contributed by atoms with Crippen LogP contribution in [0, 0.1) is 6.92 Å². The van der Waals surface area contributed by atoms with Gasteiger partial charge in [-0.05, 0) is 48.4 Å². The third-order valence-corrected chi connectivity index (χ3v) is 3.72. The van der Waals surface area contributed by atoms with Gasteiger partial charge in [0.2, 0.25) is 0 Å². The van der Waals surface area contributed by atoms with Crippen LogP contribution in [-0.2, 0) is 6.54 Å². The Hall–Kier alpha value is -3.08. The zero-order valence-electron chi connectivity index (χ0n) is 13.7. The van der Waals surface area contributed by atoms with Crippen molar-refractivity contribution in [1.29, 1.82) is 0 Å². The maximum atomic E-state index is 12.4. The number of benzene rings is 2. The smallest absolute Gasteiger partial charge is 0.255 e. The van der Waals surface area contributed by atoms with Crippen molar-refractivity contribution in [3.8, 4) is 5.75 Å². The maximum Gasteiger partial charge on any atom is 0.255 e. The number of aromatic nitrogens is 2. The first-order valence-electron chi connectivity index (χ1n) is 7.68. The van der Waals surface area contributed by atoms with Gasteiger partial charge in [-0.15, -0.1) is 0 Å². The number of methoxy groups -OCH3 is 1. The molecule has 122 valence electrons. The van der Waals surface area contributed by atoms with Crippen LogP contribution in [0.1, 0.15) is 21.5 Å². The minimum Gasteiger partial charge on any atom is -0.495 e. The van der Waals surface area contributed by atoms with E-state index < -0.39 is 0 Å². The first kappa shape index (κ1) is 15.8. The van der Waals surface area contributed by atoms with E-state index in [1.54, 1.807) is 13.3 Å². The second kappa shape index (κ2) is 7.00. The lowest BCUT2D eigenvalue weighted by Gasteiger charge is -2.11. The van der Waals surface area contributed by atoms with Gasteiger partial charge in [-0.25, -0.2) is 0 Å². The van der Waals surface area contributed by atoms with Crippen LogP contribution < -0.4 is 10.1 Å². The summed E-state index contributed by atoms with van der Waals surface area (Å²) in [6.07, 6.45) is 3.65. The van der Waals surface area contributed by atoms with E-state index in [-0.39, 0.29) is 5.91 Å². The SMILES string of the molecule is COc1ccc(C)cc1NC(=O)c1ccc(Cn2cccn2)cc1. The van der Waals surface area contributed by atoms with Crippen LogP contribution in [0.15, 0.2) is 60.9 Å². The molecule has 1 N–H and O–H groups in total. The summed E-state index contributed by atoms with van der Waals surface area (Å²) in [6, 6.07) is 15.1. The van der Waals surface area contributed by atoms with Gasteiger partial charge in [-0.1, -0.05) is 18.2 Å². The minimum absolute atomic E-state index is 0.162. The molecule has 3 aromatic rings. The second-order valence-corrected chi connectivity index (χ2v) is 5.56. The molecule has 1 amide bonds. The quantitative estimate of drug-likeness (QED) is 0.782. The zero-order valence-corrected chi connectivity index (χ0v) is 13.7. The van der Waals surface area contributed by atoms with Gasteiger partial charge in [0.15, 0.2) is 0 Å². The number of rotatable bonds is 5. The first-order chi connectivity index (χ1) is 11.7. The van der Waals surface area contributed by atoms with Crippen LogP contribution >= 0.6 is 0 Å². The molecule has 0 saturated carbocycles. The Morgan fingerprint density at radius 2 is 2.00 bits per heavy atom. The molecule has 1 aromatic heterocycles. The van der Waals surface area contributed by atoms with Crippen molar-refractivity contribution < 1.29 is 9.53 Å². The second-order valence-electron chi connectivity index (χ2n) is 5.56. The molecule has 1 heterocycles. The fourth-order valence-corrected chi connectivity index (χ4v) is 2.46. The number of hydrogen-bond acceptors (Lipinski definition) is 3. The summed E-state index contributed by atoms with van der Waals surface area (Å²) in [7, 11) is 1.59. The van der Waals surface area contributed by atoms with Crippen molar-refractivity contribution in [2.45, 2.75) is 13.5 Å². The van der Waals surface area contributed by atoms with E-state index in [0.29, 0.717) is 23.5 Å². The summed E-state index contributed by atoms with van der Waals surface area (Å²) in [5.41, 5.74) is 3.41. The molecule has 0 aliphatic heterocycles. The molecule has 0 saturated heterocycles. The molecule has 0 aliphatic rings. The van der Waals surface area contributed by atoms with Crippen molar-refractivity contribution >= 4 is 11.6 Å². The number of aryl methyl sites for hydroxylation is 1. The van der Waals surface area contributed by atoms with E-state index in [9.17, 15) is 4.79 Å². The molecule has 0 fully saturated rings. The highest BCUT2D eigenvalue weighted by Gasteiger charge is 2.10. The molecule has 3 rings (SSSR count). The van der Waals surface area contributed by atoms with E-state index in [0.717, 1.165) is 11.1 Å². The molecule has 0 unspecified atom stereocenters. The zero-order chi connectivity index (χ0) is 16.9. The minimum atomic E-state index is -0.162. The Bertz CT molecular complexity index is 824. The average molecular weight is 321 g/mol. The standard InChI is InChI=1S/C19H19N3O2/c1-14-4-9-18(24-2)17(12-14)21-19(23)16-7-5-15(6-8-16)13-22-11-3-10-20-22/h3-12H,13H2,1-2H3,(H,21,23). The molecule has 0 spiro atoms. The largest absolute Gasteiger partial charge is 0.495 e. The molecule has 5 heteroatoms. The van der Waals surface area contributed by atoms with Gasteiger partial charge < -0.3 is 10.1 Å². The summed E-state index contributed by atoms with van der Waals surface area (Å²) in [4.78, 5) is 12.4. The lowest BCUT2D eigenvalue weighted by molar-refractivity contribution is 0.102. The van der Waals surface area contributed by atoms with Crippen molar-refractivity contribution in [2.24, 2.45) is 0 Å². The topological polar surface area (TPSA) is 56.1 Å². The molecule has 0 atom stereocenters. The van der Waals surface area contributed by atoms with Crippen LogP contribution in [0.3, 0.4) is 0 Å². The van der Waals surface area contributed by atoms with Crippen molar-refractivity contribution in [3.05, 3.63) is 77.6 Å². The van der Waals surface area contributed by atoms with Crippen LogP contribution in [0.2, 0.25) is 0 Å². The highest BCUT2D eigenvalue weighted by Crippen LogP contribution is 2.25. The Balaban J connectivity index is 1.72. The van der Waals surface area contributed by atoms with E-state index in [2.05, 4.69) is 10.4 Å². The van der Waals surface area contributed by atoms with Gasteiger partial charge >= 0.3 is 0 Å². The summed E-state index contributed by atoms with van der Waals surface area (Å²) >= 11 is 0. The fourth-order valence-electron chi connectivity index (χ4n) is 2.46. The number of anilines is 1. The van der Waals surface area contributed by atoms with E-state index in [1.807, 2.05) is 66.3 Å². The number of ether oxygens (including phenoxy) is 1. The molecule has 24 heavy (non-hydrogen) atoms. The van der Waals surface area contributed by atoms with Gasteiger partial charge in [-0.2, -0.15) is 5.10 Å². The normalized spacial score (nSPS) is 10.4. The van der Waals surface area contributed by atoms with Gasteiger partial charge in [0, 0.05) is 18.0 Å². The molecule has 2 aromatic carbocycles. The molecule has 0 bridgehead atoms. The molecular formula is C19H19N3O2. The highest BCUT2D eigenvalue weighted by molar-refractivity contribution is 6.05. The fraction of sp³-hybridized carbons (Fsp3) is 0.158. The number of hydrogen-bond donors (Lipinski definition) is 1. The Kier molecular flexibility index (Phi) is 4.61. The molecule has 5 nitrogen and oxygen atoms in total. The third kappa shape index (κ3) is 3.63. The molecule has 0 aliphatic carbocycles. The van der Waals surface area contributed by atoms with Crippen molar-refractivity contribution in [2.75, 3.05) is 12.4 Å². The highest BCUT2D eigenvalue weighted by atomic mass is 16.5. The lowest BCUT2D eigenvalue weighted by atomic mass is 10.1. The lowest BCUT2D eigenvalue weighted by Crippen LogP contribution is -2.13. The van der Waals surface area contributed by atoms with Gasteiger partial charge in [0.1, 0.15) is 5.75 Å². The van der Waals surface area contributed by atoms with Crippen LogP contribution in [0.25, 0.3) is 0 Å². The summed E-state index contributed by atoms with van der Waals surface area (Å²) in [5, 5.41) is 7.08. The number of amides is 1. The Labute approximate surface area is 140 Å². The molecular weight excluding hydrogens is 302 g/mol. The van der Waals surface area contributed by atoms with Crippen molar-refractivity contribution in [3.63, 3.8) is 0 Å². The molecule has 0 radical (unpaired) electrons. The van der Waals surface area contributed by atoms with E-state index >= 15 is 0 Å². The van der Waals surface area contributed by atoms with E-state index in [4.69, 9.17) is 4.74 Å². The van der Waals surface area contributed by atoms with E-state index in [1.165, 1.54) is 0 Å². The van der Waals surface area contributed by atoms with Gasteiger partial charge in [0.25, 0.3) is 5.91 Å². The number of nitrogens with zero attached hydrogens (tertiary/aromatic N) is 2. The summed E-state index contributed by atoms with van der Waals surface area (Å²) in [5.74, 6) is 0.480. The van der Waals surface area contributed by atoms with Crippen LogP contribution in [0.4, 0.5) is 5.69 Å². The van der Waals surface area contributed by atoms with Gasteiger partial charge in [-0.3, -0.25) is 9.48 Å². The monoisotopic (exact) mass is 321 g/mol. The average Bonchev–Trinajstić information content (AvgIpc) is 3.09. The Morgan fingerprint density at radius 3 is 2.67 bits per heavy atom. The first-order valence-corrected chi connectivity index (χ1v) is 7.68. The predicted octanol–water partition coefficient (Wildman–Crippen LogP) is 3.50. The maximum absolute atomic E-state index is 12.4. The summed E-state index contributed by atoms with van der Waals surface area (Å²) < 4.78 is 7.13. The Morgan fingerprint density at radius 1 is 1.21 bits per heavy atom. The number of carbonyl (C=O) groups excluding carboxylic acids is 1. The van der Waals surface area contributed by atoms with Crippen LogP contribution in [-0.4, -0.2) is 22.8 Å². The number of nitrogens with one attached hydrogen (secondary N) is 1. The van der Waals surface area contributed by atoms with Gasteiger partial charge in [0.05, 0.1) is 19.3 Å². The van der Waals surface area contributed by atoms with Crippen LogP contribution in [0.5, 0.6) is 5.75 Å². The predicted molar refractivity (Wildman–Crippen MR) is 93.5 cm³/mol. The third-order valence-electron chi connectivity index (χ3n) is 3.72. The number of carbonyl (C=O) groups is 1. The summed E-state index contributed by atoms with van der Waals surface area (Å²) in [6.45, 7) is 2.65. The van der Waals surface area contributed by atoms with Crippen molar-refractivity contribution in [1.82, 2.24) is 9.78 Å².